The van der Waals surface area contributed by atoms with Crippen molar-refractivity contribution in [2.45, 2.75) is 52.7 Å². The van der Waals surface area contributed by atoms with Crippen molar-refractivity contribution >= 4 is 39.5 Å². The first-order valence-corrected chi connectivity index (χ1v) is 8.55. The average Bonchev–Trinajstić information content (AvgIpc) is 2.82. The molecule has 0 radical (unpaired) electrons. The van der Waals surface area contributed by atoms with Crippen LogP contribution in [0.25, 0.3) is 5.65 Å². The summed E-state index contributed by atoms with van der Waals surface area (Å²) >= 11 is 3.38. The quantitative estimate of drug-likeness (QED) is 0.675. The van der Waals surface area contributed by atoms with Crippen molar-refractivity contribution in [2.24, 2.45) is 0 Å². The first-order chi connectivity index (χ1) is 11.4. The van der Waals surface area contributed by atoms with Crippen molar-refractivity contribution in [2.75, 3.05) is 4.90 Å². The van der Waals surface area contributed by atoms with E-state index in [0.717, 1.165) is 4.90 Å². The molecule has 136 valence electrons. The second-order valence-corrected chi connectivity index (χ2v) is 8.41. The monoisotopic (exact) mass is 411 g/mol. The number of pyridine rings is 1. The van der Waals surface area contributed by atoms with E-state index in [1.54, 1.807) is 70.6 Å². The molecular formula is C17H22BrN3O4. The van der Waals surface area contributed by atoms with Gasteiger partial charge < -0.3 is 13.9 Å². The maximum Gasteiger partial charge on any atom is 0.424 e. The maximum atomic E-state index is 12.7. The minimum Gasteiger partial charge on any atom is -0.443 e. The smallest absolute Gasteiger partial charge is 0.424 e. The highest BCUT2D eigenvalue weighted by Crippen LogP contribution is 2.28. The summed E-state index contributed by atoms with van der Waals surface area (Å²) in [7, 11) is 0. The highest BCUT2D eigenvalue weighted by Gasteiger charge is 2.34. The van der Waals surface area contributed by atoms with E-state index in [1.165, 1.54) is 0 Å². The van der Waals surface area contributed by atoms with Crippen LogP contribution >= 0.6 is 15.9 Å². The molecule has 0 aliphatic carbocycles. The molecule has 2 rings (SSSR count). The lowest BCUT2D eigenvalue weighted by Crippen LogP contribution is -2.44. The zero-order valence-corrected chi connectivity index (χ0v) is 16.7. The fourth-order valence-corrected chi connectivity index (χ4v) is 2.47. The van der Waals surface area contributed by atoms with Gasteiger partial charge in [-0.2, -0.15) is 4.90 Å². The van der Waals surface area contributed by atoms with Crippen LogP contribution in [0.1, 0.15) is 41.5 Å². The molecule has 7 nitrogen and oxygen atoms in total. The summed E-state index contributed by atoms with van der Waals surface area (Å²) < 4.78 is 13.1. The first-order valence-electron chi connectivity index (χ1n) is 7.76. The van der Waals surface area contributed by atoms with E-state index in [1.807, 2.05) is 0 Å². The maximum absolute atomic E-state index is 12.7. The standard InChI is InChI=1S/C17H22BrN3O4/c1-16(2,3)24-14(22)21(15(23)25-17(4,5)6)12-9-11(18)10-20-8-7-19-13(12)20/h7-10H,1-6H3. The van der Waals surface area contributed by atoms with Gasteiger partial charge in [-0.05, 0) is 63.5 Å². The average molecular weight is 412 g/mol. The van der Waals surface area contributed by atoms with E-state index in [0.29, 0.717) is 10.1 Å². The Kier molecular flexibility index (Phi) is 5.13. The number of carbonyl (C=O) groups excluding carboxylic acids is 2. The van der Waals surface area contributed by atoms with Crippen LogP contribution < -0.4 is 4.90 Å². The Morgan fingerprint density at radius 2 is 1.60 bits per heavy atom. The number of ether oxygens (including phenoxy) is 2. The van der Waals surface area contributed by atoms with Gasteiger partial charge in [-0.1, -0.05) is 0 Å². The summed E-state index contributed by atoms with van der Waals surface area (Å²) in [6.45, 7) is 10.4. The van der Waals surface area contributed by atoms with Gasteiger partial charge in [0.15, 0.2) is 5.65 Å². The lowest BCUT2D eigenvalue weighted by atomic mass is 10.2. The number of halogens is 1. The second-order valence-electron chi connectivity index (χ2n) is 7.50. The number of rotatable bonds is 1. The number of carbonyl (C=O) groups is 2. The Hall–Kier alpha value is -2.09. The van der Waals surface area contributed by atoms with Crippen LogP contribution in [-0.2, 0) is 9.47 Å². The lowest BCUT2D eigenvalue weighted by molar-refractivity contribution is 0.0431. The number of nitrogens with zero attached hydrogens (tertiary/aromatic N) is 3. The molecule has 0 saturated carbocycles. The van der Waals surface area contributed by atoms with Crippen LogP contribution in [0.2, 0.25) is 0 Å². The fourth-order valence-electron chi connectivity index (χ4n) is 2.03. The van der Waals surface area contributed by atoms with Crippen molar-refractivity contribution in [3.63, 3.8) is 0 Å². The van der Waals surface area contributed by atoms with E-state index < -0.39 is 23.4 Å². The van der Waals surface area contributed by atoms with E-state index in [4.69, 9.17) is 9.47 Å². The van der Waals surface area contributed by atoms with E-state index in [-0.39, 0.29) is 5.69 Å². The highest BCUT2D eigenvalue weighted by atomic mass is 79.9. The molecule has 0 N–H and O–H groups in total. The molecule has 2 aromatic heterocycles. The topological polar surface area (TPSA) is 73.1 Å². The molecule has 0 bridgehead atoms. The number of aromatic nitrogens is 2. The second kappa shape index (κ2) is 6.67. The Labute approximate surface area is 155 Å². The molecule has 2 heterocycles. The van der Waals surface area contributed by atoms with Crippen LogP contribution in [0.15, 0.2) is 29.1 Å². The molecule has 0 aliphatic rings. The van der Waals surface area contributed by atoms with Crippen LogP contribution in [0.3, 0.4) is 0 Å². The zero-order chi connectivity index (χ0) is 19.0. The van der Waals surface area contributed by atoms with Gasteiger partial charge >= 0.3 is 12.2 Å². The molecule has 0 unspecified atom stereocenters. The molecule has 25 heavy (non-hydrogen) atoms. The van der Waals surface area contributed by atoms with Gasteiger partial charge in [-0.25, -0.2) is 14.6 Å². The van der Waals surface area contributed by atoms with Crippen molar-refractivity contribution in [3.8, 4) is 0 Å². The van der Waals surface area contributed by atoms with Crippen LogP contribution in [-0.4, -0.2) is 32.8 Å². The van der Waals surface area contributed by atoms with Gasteiger partial charge in [0.1, 0.15) is 16.9 Å². The molecule has 0 atom stereocenters. The minimum absolute atomic E-state index is 0.267. The summed E-state index contributed by atoms with van der Waals surface area (Å²) in [5.41, 5.74) is -0.841. The normalized spacial score (nSPS) is 12.1. The van der Waals surface area contributed by atoms with Crippen LogP contribution in [0.5, 0.6) is 0 Å². The number of imidazole rings is 1. The molecule has 8 heteroatoms. The SMILES string of the molecule is CC(C)(C)OC(=O)N(C(=O)OC(C)(C)C)c1cc(Br)cn2ccnc12. The van der Waals surface area contributed by atoms with Gasteiger partial charge in [0.25, 0.3) is 0 Å². The fraction of sp³-hybridized carbons (Fsp3) is 0.471. The predicted octanol–water partition coefficient (Wildman–Crippen LogP) is 4.77. The molecule has 2 amide bonds. The summed E-state index contributed by atoms with van der Waals surface area (Å²) in [6, 6.07) is 1.62. The van der Waals surface area contributed by atoms with Gasteiger partial charge in [-0.15, -0.1) is 0 Å². The molecule has 0 aromatic carbocycles. The number of imide groups is 1. The lowest BCUT2D eigenvalue weighted by Gasteiger charge is -2.28. The first kappa shape index (κ1) is 19.2. The summed E-state index contributed by atoms with van der Waals surface area (Å²) in [5, 5.41) is 0. The Balaban J connectivity index is 2.55. The van der Waals surface area contributed by atoms with Crippen LogP contribution in [0, 0.1) is 0 Å². The van der Waals surface area contributed by atoms with Gasteiger partial charge in [0, 0.05) is 23.1 Å². The Morgan fingerprint density at radius 3 is 2.08 bits per heavy atom. The predicted molar refractivity (Wildman–Crippen MR) is 97.8 cm³/mol. The van der Waals surface area contributed by atoms with Crippen molar-refractivity contribution in [1.29, 1.82) is 0 Å². The highest BCUT2D eigenvalue weighted by molar-refractivity contribution is 9.10. The summed E-state index contributed by atoms with van der Waals surface area (Å²) in [5.74, 6) is 0. The third-order valence-electron chi connectivity index (χ3n) is 2.83. The summed E-state index contributed by atoms with van der Waals surface area (Å²) in [6.07, 6.45) is 3.41. The van der Waals surface area contributed by atoms with Gasteiger partial charge in [0.05, 0.1) is 0 Å². The van der Waals surface area contributed by atoms with E-state index in [2.05, 4.69) is 20.9 Å². The molecule has 0 spiro atoms. The van der Waals surface area contributed by atoms with Crippen molar-refractivity contribution in [3.05, 3.63) is 29.1 Å². The Bertz CT molecular complexity index is 774. The third-order valence-corrected chi connectivity index (χ3v) is 3.26. The molecular weight excluding hydrogens is 390 g/mol. The third kappa shape index (κ3) is 4.94. The zero-order valence-electron chi connectivity index (χ0n) is 15.2. The van der Waals surface area contributed by atoms with E-state index in [9.17, 15) is 9.59 Å². The van der Waals surface area contributed by atoms with Gasteiger partial charge in [0.2, 0.25) is 0 Å². The number of hydrogen-bond acceptors (Lipinski definition) is 5. The Morgan fingerprint density at radius 1 is 1.08 bits per heavy atom. The summed E-state index contributed by atoms with van der Waals surface area (Å²) in [4.78, 5) is 30.5. The number of anilines is 1. The largest absolute Gasteiger partial charge is 0.443 e. The number of hydrogen-bond donors (Lipinski definition) is 0. The molecule has 2 aromatic rings. The molecule has 0 aliphatic heterocycles. The number of amides is 2. The minimum atomic E-state index is -0.829. The number of fused-ring (bicyclic) bond motifs is 1. The van der Waals surface area contributed by atoms with E-state index >= 15 is 0 Å². The molecule has 0 fully saturated rings. The van der Waals surface area contributed by atoms with Gasteiger partial charge in [-0.3, -0.25) is 0 Å². The van der Waals surface area contributed by atoms with Crippen molar-refractivity contribution in [1.82, 2.24) is 9.38 Å². The van der Waals surface area contributed by atoms with Crippen molar-refractivity contribution < 1.29 is 19.1 Å². The van der Waals surface area contributed by atoms with Crippen LogP contribution in [0.4, 0.5) is 15.3 Å². The molecule has 0 saturated heterocycles.